The first-order valence-corrected chi connectivity index (χ1v) is 5.74. The highest BCUT2D eigenvalue weighted by Crippen LogP contribution is 2.23. The van der Waals surface area contributed by atoms with Crippen LogP contribution in [0.3, 0.4) is 0 Å². The Kier molecular flexibility index (Phi) is 3.20. The van der Waals surface area contributed by atoms with Gasteiger partial charge in [-0.15, -0.1) is 0 Å². The number of nitrogens with zero attached hydrogens (tertiary/aromatic N) is 1. The second-order valence-electron chi connectivity index (χ2n) is 4.47. The summed E-state index contributed by atoms with van der Waals surface area (Å²) in [5.74, 6) is 0.575. The van der Waals surface area contributed by atoms with Crippen molar-refractivity contribution in [1.82, 2.24) is 10.3 Å². The minimum absolute atomic E-state index is 0.395. The Balaban J connectivity index is 2.45. The summed E-state index contributed by atoms with van der Waals surface area (Å²) in [6, 6.07) is 11.0. The molecule has 2 aromatic rings. The van der Waals surface area contributed by atoms with Gasteiger partial charge in [0, 0.05) is 17.6 Å². The summed E-state index contributed by atoms with van der Waals surface area (Å²) in [7, 11) is 2.01. The Bertz CT molecular complexity index is 477. The van der Waals surface area contributed by atoms with E-state index in [1.54, 1.807) is 0 Å². The molecule has 0 aliphatic carbocycles. The highest BCUT2D eigenvalue weighted by molar-refractivity contribution is 5.78. The van der Waals surface area contributed by atoms with Crippen molar-refractivity contribution < 1.29 is 0 Å². The third-order valence-corrected chi connectivity index (χ3v) is 2.97. The van der Waals surface area contributed by atoms with Crippen molar-refractivity contribution in [2.24, 2.45) is 5.92 Å². The van der Waals surface area contributed by atoms with E-state index >= 15 is 0 Å². The predicted octanol–water partition coefficient (Wildman–Crippen LogP) is 3.15. The van der Waals surface area contributed by atoms with Gasteiger partial charge in [-0.2, -0.15) is 0 Å². The Morgan fingerprint density at radius 2 is 2.00 bits per heavy atom. The fraction of sp³-hybridized carbons (Fsp3) is 0.357. The molecule has 1 aromatic carbocycles. The third-order valence-electron chi connectivity index (χ3n) is 2.97. The van der Waals surface area contributed by atoms with Gasteiger partial charge in [0.1, 0.15) is 0 Å². The summed E-state index contributed by atoms with van der Waals surface area (Å²) in [4.78, 5) is 4.39. The molecular weight excluding hydrogens is 196 g/mol. The van der Waals surface area contributed by atoms with Gasteiger partial charge in [-0.05, 0) is 30.7 Å². The second kappa shape index (κ2) is 4.62. The van der Waals surface area contributed by atoms with E-state index in [1.807, 2.05) is 19.3 Å². The van der Waals surface area contributed by atoms with Gasteiger partial charge >= 0.3 is 0 Å². The molecule has 2 nitrogen and oxygen atoms in total. The maximum absolute atomic E-state index is 4.39. The van der Waals surface area contributed by atoms with E-state index in [-0.39, 0.29) is 0 Å². The second-order valence-corrected chi connectivity index (χ2v) is 4.47. The van der Waals surface area contributed by atoms with E-state index < -0.39 is 0 Å². The molecule has 84 valence electrons. The molecular formula is C14H18N2. The van der Waals surface area contributed by atoms with Crippen molar-refractivity contribution in [2.45, 2.75) is 19.9 Å². The molecule has 0 amide bonds. The lowest BCUT2D eigenvalue weighted by molar-refractivity contribution is 0.443. The van der Waals surface area contributed by atoms with Crippen LogP contribution < -0.4 is 5.32 Å². The number of fused-ring (bicyclic) bond motifs is 1. The Morgan fingerprint density at radius 3 is 2.69 bits per heavy atom. The lowest BCUT2D eigenvalue weighted by atomic mass is 9.95. The molecule has 0 aliphatic rings. The summed E-state index contributed by atoms with van der Waals surface area (Å²) in [6.07, 6.45) is 1.84. The van der Waals surface area contributed by atoms with Crippen LogP contribution in [0.4, 0.5) is 0 Å². The molecule has 0 saturated heterocycles. The molecule has 1 atom stereocenters. The summed E-state index contributed by atoms with van der Waals surface area (Å²) >= 11 is 0. The van der Waals surface area contributed by atoms with E-state index in [2.05, 4.69) is 48.4 Å². The van der Waals surface area contributed by atoms with Crippen molar-refractivity contribution in [3.05, 3.63) is 42.1 Å². The standard InChI is InChI=1S/C14H18N2/c1-10(2)14(15-3)12-7-6-11-5-4-8-16-13(11)9-12/h4-10,14-15H,1-3H3. The van der Waals surface area contributed by atoms with Gasteiger partial charge in [0.05, 0.1) is 5.52 Å². The fourth-order valence-corrected chi connectivity index (χ4v) is 2.16. The van der Waals surface area contributed by atoms with E-state index in [0.29, 0.717) is 12.0 Å². The van der Waals surface area contributed by atoms with Gasteiger partial charge in [0.15, 0.2) is 0 Å². The van der Waals surface area contributed by atoms with Crippen LogP contribution in [0.15, 0.2) is 36.5 Å². The van der Waals surface area contributed by atoms with Crippen LogP contribution in [0.5, 0.6) is 0 Å². The van der Waals surface area contributed by atoms with Crippen LogP contribution in [0.2, 0.25) is 0 Å². The van der Waals surface area contributed by atoms with Crippen molar-refractivity contribution in [1.29, 1.82) is 0 Å². The van der Waals surface area contributed by atoms with Crippen LogP contribution >= 0.6 is 0 Å². The Labute approximate surface area is 96.7 Å². The number of hydrogen-bond donors (Lipinski definition) is 1. The highest BCUT2D eigenvalue weighted by atomic mass is 14.9. The first-order chi connectivity index (χ1) is 7.72. The first-order valence-electron chi connectivity index (χ1n) is 5.74. The van der Waals surface area contributed by atoms with E-state index in [4.69, 9.17) is 0 Å². The lowest BCUT2D eigenvalue weighted by Crippen LogP contribution is -2.21. The molecule has 1 aromatic heterocycles. The van der Waals surface area contributed by atoms with Crippen molar-refractivity contribution in [3.63, 3.8) is 0 Å². The van der Waals surface area contributed by atoms with E-state index in [1.165, 1.54) is 10.9 Å². The van der Waals surface area contributed by atoms with Crippen molar-refractivity contribution >= 4 is 10.9 Å². The van der Waals surface area contributed by atoms with Crippen LogP contribution in [-0.2, 0) is 0 Å². The third kappa shape index (κ3) is 2.07. The first kappa shape index (κ1) is 11.1. The number of pyridine rings is 1. The molecule has 0 spiro atoms. The Hall–Kier alpha value is -1.41. The number of rotatable bonds is 3. The molecule has 16 heavy (non-hydrogen) atoms. The summed E-state index contributed by atoms with van der Waals surface area (Å²) in [6.45, 7) is 4.45. The monoisotopic (exact) mass is 214 g/mol. The summed E-state index contributed by atoms with van der Waals surface area (Å²) in [5.41, 5.74) is 2.38. The smallest absolute Gasteiger partial charge is 0.0705 e. The molecule has 2 heteroatoms. The van der Waals surface area contributed by atoms with Gasteiger partial charge in [-0.25, -0.2) is 0 Å². The number of nitrogens with one attached hydrogen (secondary N) is 1. The van der Waals surface area contributed by atoms with Gasteiger partial charge in [-0.1, -0.05) is 32.0 Å². The van der Waals surface area contributed by atoms with Crippen molar-refractivity contribution in [3.8, 4) is 0 Å². The van der Waals surface area contributed by atoms with E-state index in [9.17, 15) is 0 Å². The van der Waals surface area contributed by atoms with Gasteiger partial charge < -0.3 is 5.32 Å². The van der Waals surface area contributed by atoms with Crippen molar-refractivity contribution in [2.75, 3.05) is 7.05 Å². The SMILES string of the molecule is CNC(c1ccc2cccnc2c1)C(C)C. The van der Waals surface area contributed by atoms with Gasteiger partial charge in [-0.3, -0.25) is 4.98 Å². The maximum atomic E-state index is 4.39. The summed E-state index contributed by atoms with van der Waals surface area (Å²) in [5, 5.41) is 4.55. The Morgan fingerprint density at radius 1 is 1.19 bits per heavy atom. The highest BCUT2D eigenvalue weighted by Gasteiger charge is 2.13. The maximum Gasteiger partial charge on any atom is 0.0705 e. The van der Waals surface area contributed by atoms with Crippen LogP contribution in [0.25, 0.3) is 10.9 Å². The molecule has 0 fully saturated rings. The zero-order chi connectivity index (χ0) is 11.5. The molecule has 0 radical (unpaired) electrons. The van der Waals surface area contributed by atoms with Crippen LogP contribution in [0.1, 0.15) is 25.5 Å². The fourth-order valence-electron chi connectivity index (χ4n) is 2.16. The minimum Gasteiger partial charge on any atom is -0.313 e. The average molecular weight is 214 g/mol. The number of hydrogen-bond acceptors (Lipinski definition) is 2. The zero-order valence-electron chi connectivity index (χ0n) is 10.1. The number of benzene rings is 1. The quantitative estimate of drug-likeness (QED) is 0.849. The summed E-state index contributed by atoms with van der Waals surface area (Å²) < 4.78 is 0. The topological polar surface area (TPSA) is 24.9 Å². The van der Waals surface area contributed by atoms with Gasteiger partial charge in [0.2, 0.25) is 0 Å². The zero-order valence-corrected chi connectivity index (χ0v) is 10.1. The molecule has 0 bridgehead atoms. The molecule has 0 saturated carbocycles. The molecule has 1 N–H and O–H groups in total. The van der Waals surface area contributed by atoms with Crippen LogP contribution in [-0.4, -0.2) is 12.0 Å². The minimum atomic E-state index is 0.395. The largest absolute Gasteiger partial charge is 0.313 e. The molecule has 1 unspecified atom stereocenters. The van der Waals surface area contributed by atoms with Gasteiger partial charge in [0.25, 0.3) is 0 Å². The van der Waals surface area contributed by atoms with E-state index in [0.717, 1.165) is 5.52 Å². The lowest BCUT2D eigenvalue weighted by Gasteiger charge is -2.20. The normalized spacial score (nSPS) is 13.2. The predicted molar refractivity (Wildman–Crippen MR) is 68.4 cm³/mol. The molecule has 0 aliphatic heterocycles. The molecule has 1 heterocycles. The number of aromatic nitrogens is 1. The molecule has 2 rings (SSSR count). The average Bonchev–Trinajstić information content (AvgIpc) is 2.29. The van der Waals surface area contributed by atoms with Crippen LogP contribution in [0, 0.1) is 5.92 Å².